The molecule has 0 aliphatic carbocycles. The van der Waals surface area contributed by atoms with Crippen molar-refractivity contribution >= 4 is 21.9 Å². The average molecular weight is 318 g/mol. The van der Waals surface area contributed by atoms with E-state index < -0.39 is 5.54 Å². The highest BCUT2D eigenvalue weighted by molar-refractivity contribution is 9.10. The van der Waals surface area contributed by atoms with Crippen LogP contribution in [-0.4, -0.2) is 18.6 Å². The van der Waals surface area contributed by atoms with Gasteiger partial charge in [-0.25, -0.2) is 4.79 Å². The van der Waals surface area contributed by atoms with Crippen LogP contribution in [0.3, 0.4) is 0 Å². The predicted molar refractivity (Wildman–Crippen MR) is 73.3 cm³/mol. The summed E-state index contributed by atoms with van der Waals surface area (Å²) >= 11 is 3.25. The molecular formula is C13H20BrNO3. The molecule has 0 aliphatic heterocycles. The Kier molecular flexibility index (Phi) is 5.41. The Labute approximate surface area is 116 Å². The molecule has 1 aromatic heterocycles. The minimum atomic E-state index is -0.961. The third-order valence-electron chi connectivity index (χ3n) is 2.90. The van der Waals surface area contributed by atoms with Crippen LogP contribution in [-0.2, 0) is 15.1 Å². The van der Waals surface area contributed by atoms with Gasteiger partial charge in [0.1, 0.15) is 5.76 Å². The molecule has 2 atom stereocenters. The van der Waals surface area contributed by atoms with Crippen molar-refractivity contribution in [2.24, 2.45) is 0 Å². The lowest BCUT2D eigenvalue weighted by Crippen LogP contribution is -2.51. The van der Waals surface area contributed by atoms with E-state index in [9.17, 15) is 4.79 Å². The maximum absolute atomic E-state index is 12.2. The highest BCUT2D eigenvalue weighted by Gasteiger charge is 2.40. The fourth-order valence-electron chi connectivity index (χ4n) is 1.68. The molecule has 0 spiro atoms. The van der Waals surface area contributed by atoms with Gasteiger partial charge in [0.2, 0.25) is 0 Å². The fourth-order valence-corrected chi connectivity index (χ4v) is 1.99. The lowest BCUT2D eigenvalue weighted by Gasteiger charge is -2.29. The van der Waals surface area contributed by atoms with Gasteiger partial charge in [-0.05, 0) is 55.3 Å². The van der Waals surface area contributed by atoms with Crippen molar-refractivity contribution in [2.45, 2.75) is 45.7 Å². The third kappa shape index (κ3) is 3.36. The van der Waals surface area contributed by atoms with Crippen molar-refractivity contribution in [1.82, 2.24) is 5.32 Å². The fraction of sp³-hybridized carbons (Fsp3) is 0.615. The smallest absolute Gasteiger partial charge is 0.334 e. The molecule has 4 nitrogen and oxygen atoms in total. The summed E-state index contributed by atoms with van der Waals surface area (Å²) in [6, 6.07) is 3.73. The van der Waals surface area contributed by atoms with E-state index >= 15 is 0 Å². The molecule has 102 valence electrons. The summed E-state index contributed by atoms with van der Waals surface area (Å²) in [6.07, 6.45) is 0.914. The van der Waals surface area contributed by atoms with Gasteiger partial charge in [0.05, 0.1) is 6.61 Å². The first-order chi connectivity index (χ1) is 8.43. The van der Waals surface area contributed by atoms with Gasteiger partial charge in [0.25, 0.3) is 0 Å². The summed E-state index contributed by atoms with van der Waals surface area (Å²) in [6.45, 7) is 8.00. The van der Waals surface area contributed by atoms with E-state index in [1.807, 2.05) is 6.92 Å². The summed E-state index contributed by atoms with van der Waals surface area (Å²) in [5, 5.41) is 3.27. The van der Waals surface area contributed by atoms with Gasteiger partial charge < -0.3 is 9.15 Å². The molecule has 1 rings (SSSR count). The number of esters is 1. The Bertz CT molecular complexity index is 405. The summed E-state index contributed by atoms with van der Waals surface area (Å²) in [5.41, 5.74) is -0.961. The minimum Gasteiger partial charge on any atom is -0.464 e. The van der Waals surface area contributed by atoms with E-state index in [0.29, 0.717) is 17.0 Å². The van der Waals surface area contributed by atoms with Crippen LogP contribution in [0.1, 0.15) is 39.9 Å². The van der Waals surface area contributed by atoms with E-state index in [1.54, 1.807) is 26.0 Å². The van der Waals surface area contributed by atoms with Crippen LogP contribution < -0.4 is 5.32 Å². The Morgan fingerprint density at radius 2 is 2.22 bits per heavy atom. The molecule has 1 heterocycles. The zero-order chi connectivity index (χ0) is 13.8. The monoisotopic (exact) mass is 317 g/mol. The molecule has 0 saturated carbocycles. The molecule has 0 aromatic carbocycles. The number of hydrogen-bond donors (Lipinski definition) is 1. The minimum absolute atomic E-state index is 0.184. The van der Waals surface area contributed by atoms with Crippen molar-refractivity contribution in [2.75, 3.05) is 6.61 Å². The van der Waals surface area contributed by atoms with Crippen LogP contribution in [0.25, 0.3) is 0 Å². The van der Waals surface area contributed by atoms with Gasteiger partial charge in [-0.2, -0.15) is 0 Å². The van der Waals surface area contributed by atoms with Crippen LogP contribution in [0, 0.1) is 0 Å². The van der Waals surface area contributed by atoms with Crippen LogP contribution in [0.4, 0.5) is 0 Å². The Hall–Kier alpha value is -0.810. The Morgan fingerprint density at radius 1 is 1.56 bits per heavy atom. The molecular weight excluding hydrogens is 298 g/mol. The van der Waals surface area contributed by atoms with E-state index in [0.717, 1.165) is 6.42 Å². The van der Waals surface area contributed by atoms with Gasteiger partial charge in [-0.15, -0.1) is 0 Å². The average Bonchev–Trinajstić information content (AvgIpc) is 2.76. The Balaban J connectivity index is 3.04. The largest absolute Gasteiger partial charge is 0.464 e. The van der Waals surface area contributed by atoms with Crippen LogP contribution in [0.2, 0.25) is 0 Å². The number of carbonyl (C=O) groups is 1. The topological polar surface area (TPSA) is 51.5 Å². The van der Waals surface area contributed by atoms with Crippen molar-refractivity contribution in [3.63, 3.8) is 0 Å². The summed E-state index contributed by atoms with van der Waals surface area (Å²) in [4.78, 5) is 12.2. The molecule has 0 amide bonds. The molecule has 0 fully saturated rings. The first kappa shape index (κ1) is 15.2. The second-order valence-electron chi connectivity index (χ2n) is 4.40. The molecule has 0 radical (unpaired) electrons. The molecule has 0 aliphatic rings. The predicted octanol–water partition coefficient (Wildman–Crippen LogP) is 3.21. The summed E-state index contributed by atoms with van der Waals surface area (Å²) in [5.74, 6) is 0.222. The summed E-state index contributed by atoms with van der Waals surface area (Å²) < 4.78 is 11.3. The highest BCUT2D eigenvalue weighted by atomic mass is 79.9. The van der Waals surface area contributed by atoms with Crippen LogP contribution >= 0.6 is 15.9 Å². The number of hydrogen-bond acceptors (Lipinski definition) is 4. The number of halogens is 1. The third-order valence-corrected chi connectivity index (χ3v) is 3.32. The zero-order valence-electron chi connectivity index (χ0n) is 11.2. The molecule has 2 unspecified atom stereocenters. The first-order valence-corrected chi connectivity index (χ1v) is 6.94. The van der Waals surface area contributed by atoms with Crippen molar-refractivity contribution in [1.29, 1.82) is 0 Å². The maximum atomic E-state index is 12.2. The lowest BCUT2D eigenvalue weighted by molar-refractivity contribution is -0.152. The zero-order valence-corrected chi connectivity index (χ0v) is 12.8. The number of ether oxygens (including phenoxy) is 1. The quantitative estimate of drug-likeness (QED) is 0.818. The Morgan fingerprint density at radius 3 is 2.67 bits per heavy atom. The second kappa shape index (κ2) is 6.38. The maximum Gasteiger partial charge on any atom is 0.334 e. The molecule has 0 saturated heterocycles. The first-order valence-electron chi connectivity index (χ1n) is 6.14. The van der Waals surface area contributed by atoms with Crippen molar-refractivity contribution < 1.29 is 13.9 Å². The number of carbonyl (C=O) groups excluding carboxylic acids is 1. The molecule has 18 heavy (non-hydrogen) atoms. The van der Waals surface area contributed by atoms with Gasteiger partial charge in [-0.1, -0.05) is 6.92 Å². The number of nitrogens with one attached hydrogen (secondary N) is 1. The van der Waals surface area contributed by atoms with Gasteiger partial charge in [0.15, 0.2) is 10.2 Å². The van der Waals surface area contributed by atoms with E-state index in [-0.39, 0.29) is 12.0 Å². The lowest BCUT2D eigenvalue weighted by atomic mass is 9.97. The standard InChI is InChI=1S/C13H20BrNO3/c1-5-9(3)15-13(4,12(16)17-6-2)10-7-8-11(14)18-10/h7-9,15H,5-6H2,1-4H3. The SMILES string of the molecule is CCOC(=O)C(C)(NC(C)CC)c1ccc(Br)o1. The number of furan rings is 1. The van der Waals surface area contributed by atoms with Crippen molar-refractivity contribution in [3.05, 3.63) is 22.6 Å². The molecule has 1 aromatic rings. The molecule has 0 bridgehead atoms. The summed E-state index contributed by atoms with van der Waals surface area (Å²) in [7, 11) is 0. The second-order valence-corrected chi connectivity index (χ2v) is 5.18. The highest BCUT2D eigenvalue weighted by Crippen LogP contribution is 2.27. The molecule has 1 N–H and O–H groups in total. The van der Waals surface area contributed by atoms with Crippen LogP contribution in [0.15, 0.2) is 21.2 Å². The van der Waals surface area contributed by atoms with E-state index in [1.165, 1.54) is 0 Å². The van der Waals surface area contributed by atoms with Crippen LogP contribution in [0.5, 0.6) is 0 Å². The van der Waals surface area contributed by atoms with Gasteiger partial charge in [-0.3, -0.25) is 5.32 Å². The normalized spacial score (nSPS) is 16.1. The van der Waals surface area contributed by atoms with E-state index in [2.05, 4.69) is 28.2 Å². The number of rotatable bonds is 6. The van der Waals surface area contributed by atoms with Crippen molar-refractivity contribution in [3.8, 4) is 0 Å². The van der Waals surface area contributed by atoms with Gasteiger partial charge in [0, 0.05) is 6.04 Å². The molecule has 5 heteroatoms. The van der Waals surface area contributed by atoms with E-state index in [4.69, 9.17) is 9.15 Å². The van der Waals surface area contributed by atoms with Gasteiger partial charge >= 0.3 is 5.97 Å².